The molecule has 0 amide bonds. The van der Waals surface area contributed by atoms with Gasteiger partial charge in [-0.3, -0.25) is 4.90 Å². The Morgan fingerprint density at radius 2 is 2.00 bits per heavy atom. The van der Waals surface area contributed by atoms with E-state index in [0.717, 1.165) is 19.5 Å². The molecule has 0 radical (unpaired) electrons. The zero-order chi connectivity index (χ0) is 10.8. The van der Waals surface area contributed by atoms with E-state index in [9.17, 15) is 4.39 Å². The van der Waals surface area contributed by atoms with Gasteiger partial charge in [-0.05, 0) is 27.2 Å². The third kappa shape index (κ3) is 2.45. The number of rotatable bonds is 3. The van der Waals surface area contributed by atoms with E-state index in [1.807, 2.05) is 0 Å². The highest BCUT2D eigenvalue weighted by Gasteiger charge is 2.38. The van der Waals surface area contributed by atoms with E-state index in [1.165, 1.54) is 0 Å². The van der Waals surface area contributed by atoms with E-state index in [1.54, 1.807) is 0 Å². The molecule has 14 heavy (non-hydrogen) atoms. The molecule has 0 aromatic carbocycles. The van der Waals surface area contributed by atoms with Gasteiger partial charge in [0, 0.05) is 30.7 Å². The topological polar surface area (TPSA) is 15.3 Å². The fourth-order valence-electron chi connectivity index (χ4n) is 2.07. The zero-order valence-corrected chi connectivity index (χ0v) is 9.86. The minimum atomic E-state index is -0.244. The molecular formula is C11H23FN2. The highest BCUT2D eigenvalue weighted by Crippen LogP contribution is 2.26. The van der Waals surface area contributed by atoms with Crippen LogP contribution in [0.2, 0.25) is 0 Å². The standard InChI is InChI=1S/C11H23FN2/c1-5-11(4)8-13-10(2,3)9-14(11)7-6-12/h13H,5-9H2,1-4H3. The van der Waals surface area contributed by atoms with Crippen LogP contribution in [0.1, 0.15) is 34.1 Å². The molecule has 2 nitrogen and oxygen atoms in total. The van der Waals surface area contributed by atoms with Crippen LogP contribution in [0.15, 0.2) is 0 Å². The van der Waals surface area contributed by atoms with Crippen LogP contribution in [-0.4, -0.2) is 42.3 Å². The van der Waals surface area contributed by atoms with Crippen LogP contribution in [-0.2, 0) is 0 Å². The molecule has 1 unspecified atom stereocenters. The van der Waals surface area contributed by atoms with E-state index in [4.69, 9.17) is 0 Å². The van der Waals surface area contributed by atoms with Crippen molar-refractivity contribution in [1.29, 1.82) is 0 Å². The largest absolute Gasteiger partial charge is 0.309 e. The molecule has 0 saturated carbocycles. The van der Waals surface area contributed by atoms with Crippen molar-refractivity contribution in [2.75, 3.05) is 26.3 Å². The number of halogens is 1. The lowest BCUT2D eigenvalue weighted by atomic mass is 9.88. The summed E-state index contributed by atoms with van der Waals surface area (Å²) < 4.78 is 12.4. The summed E-state index contributed by atoms with van der Waals surface area (Å²) in [5, 5.41) is 3.52. The average Bonchev–Trinajstić information content (AvgIpc) is 2.12. The van der Waals surface area contributed by atoms with Crippen LogP contribution in [0.3, 0.4) is 0 Å². The first kappa shape index (κ1) is 11.9. The van der Waals surface area contributed by atoms with Crippen molar-refractivity contribution in [2.45, 2.75) is 45.2 Å². The lowest BCUT2D eigenvalue weighted by molar-refractivity contribution is 0.0202. The zero-order valence-electron chi connectivity index (χ0n) is 9.86. The summed E-state index contributed by atoms with van der Waals surface area (Å²) in [6.07, 6.45) is 1.07. The summed E-state index contributed by atoms with van der Waals surface area (Å²) in [4.78, 5) is 2.28. The molecule has 1 aliphatic heterocycles. The Morgan fingerprint density at radius 1 is 1.36 bits per heavy atom. The molecule has 0 spiro atoms. The predicted molar refractivity (Wildman–Crippen MR) is 58.3 cm³/mol. The van der Waals surface area contributed by atoms with Crippen molar-refractivity contribution < 1.29 is 4.39 Å². The second-order valence-corrected chi connectivity index (χ2v) is 5.20. The summed E-state index contributed by atoms with van der Waals surface area (Å²) in [5.74, 6) is 0. The molecule has 1 rings (SSSR count). The fraction of sp³-hybridized carbons (Fsp3) is 1.00. The van der Waals surface area contributed by atoms with Crippen molar-refractivity contribution >= 4 is 0 Å². The Kier molecular flexibility index (Phi) is 3.53. The van der Waals surface area contributed by atoms with Crippen LogP contribution < -0.4 is 5.32 Å². The van der Waals surface area contributed by atoms with E-state index in [0.29, 0.717) is 6.54 Å². The SMILES string of the molecule is CCC1(C)CNC(C)(C)CN1CCF. The molecule has 0 aliphatic carbocycles. The molecule has 3 heteroatoms. The highest BCUT2D eigenvalue weighted by molar-refractivity contribution is 4.99. The maximum atomic E-state index is 12.4. The summed E-state index contributed by atoms with van der Waals surface area (Å²) >= 11 is 0. The van der Waals surface area contributed by atoms with Gasteiger partial charge in [-0.15, -0.1) is 0 Å². The third-order valence-corrected chi connectivity index (χ3v) is 3.41. The Bertz CT molecular complexity index is 194. The van der Waals surface area contributed by atoms with E-state index in [2.05, 4.69) is 37.9 Å². The van der Waals surface area contributed by atoms with Gasteiger partial charge < -0.3 is 5.32 Å². The van der Waals surface area contributed by atoms with Gasteiger partial charge in [0.1, 0.15) is 6.67 Å². The van der Waals surface area contributed by atoms with Crippen molar-refractivity contribution in [1.82, 2.24) is 10.2 Å². The number of nitrogens with zero attached hydrogens (tertiary/aromatic N) is 1. The first-order valence-electron chi connectivity index (χ1n) is 5.49. The molecule has 0 aromatic heterocycles. The lowest BCUT2D eigenvalue weighted by Gasteiger charge is -2.50. The highest BCUT2D eigenvalue weighted by atomic mass is 19.1. The van der Waals surface area contributed by atoms with E-state index in [-0.39, 0.29) is 17.8 Å². The van der Waals surface area contributed by atoms with E-state index < -0.39 is 0 Å². The second-order valence-electron chi connectivity index (χ2n) is 5.20. The first-order valence-corrected chi connectivity index (χ1v) is 5.49. The molecule has 0 aromatic rings. The van der Waals surface area contributed by atoms with Crippen molar-refractivity contribution in [2.24, 2.45) is 0 Å². The third-order valence-electron chi connectivity index (χ3n) is 3.41. The van der Waals surface area contributed by atoms with Crippen LogP contribution in [0, 0.1) is 0 Å². The molecule has 0 bridgehead atoms. The lowest BCUT2D eigenvalue weighted by Crippen LogP contribution is -2.67. The molecule has 1 heterocycles. The van der Waals surface area contributed by atoms with Crippen molar-refractivity contribution in [3.05, 3.63) is 0 Å². The van der Waals surface area contributed by atoms with Crippen molar-refractivity contribution in [3.8, 4) is 0 Å². The first-order chi connectivity index (χ1) is 6.43. The Balaban J connectivity index is 2.70. The molecular weight excluding hydrogens is 179 g/mol. The molecule has 1 atom stereocenters. The van der Waals surface area contributed by atoms with Gasteiger partial charge in [-0.1, -0.05) is 6.92 Å². The molecule has 84 valence electrons. The maximum Gasteiger partial charge on any atom is 0.102 e. The van der Waals surface area contributed by atoms with Crippen LogP contribution in [0.4, 0.5) is 4.39 Å². The summed E-state index contributed by atoms with van der Waals surface area (Å²) in [6, 6.07) is 0. The summed E-state index contributed by atoms with van der Waals surface area (Å²) in [6.45, 7) is 10.9. The smallest absolute Gasteiger partial charge is 0.102 e. The monoisotopic (exact) mass is 202 g/mol. The Morgan fingerprint density at radius 3 is 2.50 bits per heavy atom. The van der Waals surface area contributed by atoms with Gasteiger partial charge in [0.15, 0.2) is 0 Å². The molecule has 1 N–H and O–H groups in total. The van der Waals surface area contributed by atoms with Gasteiger partial charge in [0.2, 0.25) is 0 Å². The average molecular weight is 202 g/mol. The molecule has 1 fully saturated rings. The van der Waals surface area contributed by atoms with Gasteiger partial charge in [-0.2, -0.15) is 0 Å². The van der Waals surface area contributed by atoms with Crippen LogP contribution in [0.25, 0.3) is 0 Å². The molecule has 1 aliphatic rings. The minimum Gasteiger partial charge on any atom is -0.309 e. The maximum absolute atomic E-state index is 12.4. The predicted octanol–water partition coefficient (Wildman–Crippen LogP) is 1.81. The normalized spacial score (nSPS) is 33.2. The summed E-state index contributed by atoms with van der Waals surface area (Å²) in [7, 11) is 0. The Labute approximate surface area is 86.9 Å². The minimum absolute atomic E-state index is 0.115. The number of hydrogen-bond acceptors (Lipinski definition) is 2. The van der Waals surface area contributed by atoms with E-state index >= 15 is 0 Å². The number of hydrogen-bond donors (Lipinski definition) is 1. The number of nitrogens with one attached hydrogen (secondary N) is 1. The molecule has 1 saturated heterocycles. The fourth-order valence-corrected chi connectivity index (χ4v) is 2.07. The van der Waals surface area contributed by atoms with Crippen molar-refractivity contribution in [3.63, 3.8) is 0 Å². The van der Waals surface area contributed by atoms with Gasteiger partial charge in [-0.25, -0.2) is 4.39 Å². The second kappa shape index (κ2) is 4.15. The van der Waals surface area contributed by atoms with Crippen LogP contribution in [0.5, 0.6) is 0 Å². The van der Waals surface area contributed by atoms with Gasteiger partial charge in [0.05, 0.1) is 0 Å². The van der Waals surface area contributed by atoms with Gasteiger partial charge >= 0.3 is 0 Å². The quantitative estimate of drug-likeness (QED) is 0.751. The number of alkyl halides is 1. The van der Waals surface area contributed by atoms with Gasteiger partial charge in [0.25, 0.3) is 0 Å². The Hall–Kier alpha value is -0.150. The van der Waals surface area contributed by atoms with Crippen LogP contribution >= 0.6 is 0 Å². The summed E-state index contributed by atoms with van der Waals surface area (Å²) in [5.41, 5.74) is 0.242. The number of piperazine rings is 1.